The molecule has 7 heteroatoms. The van der Waals surface area contributed by atoms with E-state index >= 15 is 0 Å². The molecule has 4 rings (SSSR count). The van der Waals surface area contributed by atoms with Crippen molar-refractivity contribution in [3.63, 3.8) is 0 Å². The Bertz CT molecular complexity index is 1350. The number of aromatic nitrogens is 2. The van der Waals surface area contributed by atoms with Crippen molar-refractivity contribution in [3.8, 4) is 17.3 Å². The number of benzene rings is 2. The van der Waals surface area contributed by atoms with E-state index in [4.69, 9.17) is 10.7 Å². The summed E-state index contributed by atoms with van der Waals surface area (Å²) >= 11 is -1.06. The van der Waals surface area contributed by atoms with E-state index in [1.165, 1.54) is 0 Å². The molecule has 158 valence electrons. The van der Waals surface area contributed by atoms with Crippen molar-refractivity contribution in [3.05, 3.63) is 95.9 Å². The zero-order chi connectivity index (χ0) is 22.7. The Morgan fingerprint density at radius 3 is 2.41 bits per heavy atom. The van der Waals surface area contributed by atoms with Gasteiger partial charge >= 0.3 is 0 Å². The van der Waals surface area contributed by atoms with Crippen LogP contribution < -0.4 is 5.32 Å². The van der Waals surface area contributed by atoms with Crippen LogP contribution in [0, 0.1) is 16.7 Å². The van der Waals surface area contributed by atoms with Crippen molar-refractivity contribution in [1.29, 1.82) is 10.7 Å². The average molecular weight is 440 g/mol. The van der Waals surface area contributed by atoms with Gasteiger partial charge in [0.2, 0.25) is 0 Å². The lowest BCUT2D eigenvalue weighted by Gasteiger charge is -2.12. The van der Waals surface area contributed by atoms with Crippen LogP contribution >= 0.6 is 0 Å². The lowest BCUT2D eigenvalue weighted by atomic mass is 9.98. The maximum atomic E-state index is 11.7. The van der Waals surface area contributed by atoms with Crippen LogP contribution in [0.3, 0.4) is 0 Å². The van der Waals surface area contributed by atoms with Gasteiger partial charge in [0.15, 0.2) is 4.90 Å². The van der Waals surface area contributed by atoms with Gasteiger partial charge in [-0.05, 0) is 59.7 Å². The first-order valence-electron chi connectivity index (χ1n) is 9.90. The molecule has 0 unspecified atom stereocenters. The van der Waals surface area contributed by atoms with Crippen LogP contribution in [0.4, 0.5) is 0 Å². The highest BCUT2D eigenvalue weighted by atomic mass is 32.2. The summed E-state index contributed by atoms with van der Waals surface area (Å²) in [6.45, 7) is 0. The maximum Gasteiger partial charge on any atom is 0.152 e. The standard InChI is InChI=1S/C25H21N5OS/c1-28-14-22(25(27)19-7-10-21(11-8-19)32(2)31)20-9-12-24-29-15-23(30(24)16-20)18-5-3-17(13-26)4-6-18/h3-12,14-16,27-28H,1-2H3/b22-14-,27-25?/t32-/m0/s1. The fourth-order valence-electron chi connectivity index (χ4n) is 3.48. The first-order chi connectivity index (χ1) is 15.5. The minimum absolute atomic E-state index is 0.354. The Balaban J connectivity index is 1.75. The smallest absolute Gasteiger partial charge is 0.152 e. The van der Waals surface area contributed by atoms with Crippen molar-refractivity contribution >= 4 is 28.1 Å². The summed E-state index contributed by atoms with van der Waals surface area (Å²) in [6, 6.07) is 20.6. The molecule has 0 aliphatic rings. The van der Waals surface area contributed by atoms with Gasteiger partial charge < -0.3 is 9.87 Å². The normalized spacial score (nSPS) is 12.4. The molecule has 4 aromatic rings. The molecule has 0 fully saturated rings. The summed E-state index contributed by atoms with van der Waals surface area (Å²) < 4.78 is 13.7. The van der Waals surface area contributed by atoms with Crippen LogP contribution in [0.1, 0.15) is 16.7 Å². The highest BCUT2D eigenvalue weighted by Gasteiger charge is 2.14. The fraction of sp³-hybridized carbons (Fsp3) is 0.0800. The topological polar surface area (TPSA) is 100 Å². The number of rotatable bonds is 6. The van der Waals surface area contributed by atoms with Gasteiger partial charge in [-0.2, -0.15) is 5.26 Å². The van der Waals surface area contributed by atoms with Gasteiger partial charge in [-0.25, -0.2) is 4.98 Å². The number of pyridine rings is 1. The molecule has 0 aliphatic heterocycles. The van der Waals surface area contributed by atoms with Crippen LogP contribution in [-0.2, 0) is 11.2 Å². The summed E-state index contributed by atoms with van der Waals surface area (Å²) in [5.74, 6) is 0. The Morgan fingerprint density at radius 2 is 1.78 bits per heavy atom. The number of fused-ring (bicyclic) bond motifs is 1. The van der Waals surface area contributed by atoms with E-state index in [1.807, 2.05) is 47.0 Å². The summed E-state index contributed by atoms with van der Waals surface area (Å²) in [5.41, 5.74) is 5.91. The lowest BCUT2D eigenvalue weighted by Crippen LogP contribution is -2.08. The highest BCUT2D eigenvalue weighted by molar-refractivity contribution is 7.90. The van der Waals surface area contributed by atoms with Gasteiger partial charge in [0.05, 0.1) is 29.2 Å². The van der Waals surface area contributed by atoms with E-state index in [9.17, 15) is 4.55 Å². The van der Waals surface area contributed by atoms with Gasteiger partial charge in [0.1, 0.15) is 11.9 Å². The zero-order valence-corrected chi connectivity index (χ0v) is 18.5. The number of nitrogens with zero attached hydrogens (tertiary/aromatic N) is 3. The molecule has 2 heterocycles. The Morgan fingerprint density at radius 1 is 1.09 bits per heavy atom. The average Bonchev–Trinajstić information content (AvgIpc) is 3.25. The van der Waals surface area contributed by atoms with Crippen molar-refractivity contribution in [2.75, 3.05) is 13.3 Å². The number of nitriles is 1. The van der Waals surface area contributed by atoms with E-state index in [1.54, 1.807) is 50.0 Å². The number of allylic oxidation sites excluding steroid dienone is 1. The number of imidazole rings is 1. The summed E-state index contributed by atoms with van der Waals surface area (Å²) in [5, 5.41) is 20.9. The molecule has 2 aromatic heterocycles. The third kappa shape index (κ3) is 4.14. The summed E-state index contributed by atoms with van der Waals surface area (Å²) in [7, 11) is 1.80. The molecule has 1 atom stereocenters. The van der Waals surface area contributed by atoms with Gasteiger partial charge in [0, 0.05) is 41.7 Å². The molecular weight excluding hydrogens is 418 g/mol. The molecule has 0 saturated carbocycles. The highest BCUT2D eigenvalue weighted by Crippen LogP contribution is 2.25. The zero-order valence-electron chi connectivity index (χ0n) is 17.7. The first kappa shape index (κ1) is 21.4. The number of hydrogen-bond acceptors (Lipinski definition) is 5. The van der Waals surface area contributed by atoms with Crippen molar-refractivity contribution in [2.24, 2.45) is 0 Å². The molecule has 6 nitrogen and oxygen atoms in total. The molecule has 0 bridgehead atoms. The second-order valence-electron chi connectivity index (χ2n) is 7.18. The molecular formula is C25H21N5OS. The predicted octanol–water partition coefficient (Wildman–Crippen LogP) is 4.24. The molecule has 2 N–H and O–H groups in total. The SMILES string of the molecule is CN/C=C(\C(=N)c1ccc([S@+](C)[O-])cc1)c1ccc2ncc(-c3ccc(C#N)cc3)n2c1. The monoisotopic (exact) mass is 439 g/mol. The van der Waals surface area contributed by atoms with Crippen molar-refractivity contribution in [2.45, 2.75) is 4.90 Å². The van der Waals surface area contributed by atoms with E-state index < -0.39 is 11.2 Å². The Hall–Kier alpha value is -3.86. The van der Waals surface area contributed by atoms with Crippen LogP contribution in [0.5, 0.6) is 0 Å². The minimum atomic E-state index is -1.06. The summed E-state index contributed by atoms with van der Waals surface area (Å²) in [4.78, 5) is 5.22. The quantitative estimate of drug-likeness (QED) is 0.347. The molecule has 0 saturated heterocycles. The molecule has 2 aromatic carbocycles. The molecule has 32 heavy (non-hydrogen) atoms. The van der Waals surface area contributed by atoms with E-state index in [2.05, 4.69) is 16.4 Å². The van der Waals surface area contributed by atoms with Gasteiger partial charge in [-0.1, -0.05) is 12.1 Å². The van der Waals surface area contributed by atoms with Crippen LogP contribution in [0.15, 0.2) is 84.2 Å². The molecule has 0 amide bonds. The fourth-order valence-corrected chi connectivity index (χ4v) is 4.00. The van der Waals surface area contributed by atoms with Crippen LogP contribution in [-0.4, -0.2) is 33.0 Å². The van der Waals surface area contributed by atoms with Gasteiger partial charge in [-0.3, -0.25) is 9.81 Å². The maximum absolute atomic E-state index is 11.7. The number of nitrogens with one attached hydrogen (secondary N) is 2. The largest absolute Gasteiger partial charge is 0.612 e. The van der Waals surface area contributed by atoms with Gasteiger partial charge in [0.25, 0.3) is 0 Å². The Kier molecular flexibility index (Phi) is 6.08. The van der Waals surface area contributed by atoms with Crippen LogP contribution in [0.25, 0.3) is 22.5 Å². The number of hydrogen-bond donors (Lipinski definition) is 2. The van der Waals surface area contributed by atoms with E-state index in [0.717, 1.165) is 38.5 Å². The predicted molar refractivity (Wildman–Crippen MR) is 128 cm³/mol. The van der Waals surface area contributed by atoms with Crippen molar-refractivity contribution in [1.82, 2.24) is 14.7 Å². The third-order valence-corrected chi connectivity index (χ3v) is 6.10. The third-order valence-electron chi connectivity index (χ3n) is 5.16. The van der Waals surface area contributed by atoms with Gasteiger partial charge in [-0.15, -0.1) is 0 Å². The lowest BCUT2D eigenvalue weighted by molar-refractivity contribution is 0.601. The van der Waals surface area contributed by atoms with Crippen molar-refractivity contribution < 1.29 is 4.55 Å². The van der Waals surface area contributed by atoms with E-state index in [-0.39, 0.29) is 0 Å². The molecule has 0 radical (unpaired) electrons. The second-order valence-corrected chi connectivity index (χ2v) is 8.56. The minimum Gasteiger partial charge on any atom is -0.612 e. The van der Waals surface area contributed by atoms with Crippen LogP contribution in [0.2, 0.25) is 0 Å². The first-order valence-corrected chi connectivity index (χ1v) is 11.5. The molecule has 0 spiro atoms. The van der Waals surface area contributed by atoms with E-state index in [0.29, 0.717) is 11.3 Å². The summed E-state index contributed by atoms with van der Waals surface area (Å²) in [6.07, 6.45) is 7.20. The molecule has 0 aliphatic carbocycles. The second kappa shape index (κ2) is 9.10. The Labute approximate surface area is 189 Å².